The Bertz CT molecular complexity index is 907. The molecule has 0 spiro atoms. The molecule has 0 radical (unpaired) electrons. The van der Waals surface area contributed by atoms with Crippen LogP contribution in [-0.4, -0.2) is 28.9 Å². The molecule has 2 amide bonds. The van der Waals surface area contributed by atoms with Crippen LogP contribution < -0.4 is 20.3 Å². The molecule has 0 heterocycles. The molecule has 0 saturated carbocycles. The lowest BCUT2D eigenvalue weighted by molar-refractivity contribution is -0.384. The maximum absolute atomic E-state index is 12.1. The summed E-state index contributed by atoms with van der Waals surface area (Å²) >= 11 is 11.8. The molecule has 2 unspecified atom stereocenters. The van der Waals surface area contributed by atoms with E-state index in [0.29, 0.717) is 5.02 Å². The second-order valence-corrected chi connectivity index (χ2v) is 6.67. The third-order valence-corrected chi connectivity index (χ3v) is 4.14. The maximum Gasteiger partial charge on any atom is 0.279 e. The summed E-state index contributed by atoms with van der Waals surface area (Å²) in [5, 5.41) is 11.3. The number of carbonyl (C=O) groups is 2. The summed E-state index contributed by atoms with van der Waals surface area (Å²) in [5.41, 5.74) is 4.34. The molecule has 29 heavy (non-hydrogen) atoms. The van der Waals surface area contributed by atoms with Crippen molar-refractivity contribution in [3.05, 3.63) is 62.6 Å². The zero-order valence-corrected chi connectivity index (χ0v) is 16.9. The summed E-state index contributed by atoms with van der Waals surface area (Å²) in [7, 11) is 0. The number of hydrogen-bond donors (Lipinski definition) is 2. The SMILES string of the molecule is CC(Oc1ccc([N+](=O)[O-])cc1)C(=O)NNC(=O)C(C)Oc1ccc(Cl)cc1Cl. The van der Waals surface area contributed by atoms with Gasteiger partial charge in [-0.3, -0.25) is 30.6 Å². The average molecular weight is 442 g/mol. The van der Waals surface area contributed by atoms with Crippen LogP contribution in [0.15, 0.2) is 42.5 Å². The third kappa shape index (κ3) is 6.51. The number of carbonyl (C=O) groups excluding carboxylic acids is 2. The Hall–Kier alpha value is -3.04. The van der Waals surface area contributed by atoms with Crippen LogP contribution in [0.2, 0.25) is 10.0 Å². The van der Waals surface area contributed by atoms with Crippen LogP contribution in [0.25, 0.3) is 0 Å². The average Bonchev–Trinajstić information content (AvgIpc) is 2.68. The van der Waals surface area contributed by atoms with Crippen LogP contribution in [0, 0.1) is 10.1 Å². The van der Waals surface area contributed by atoms with Crippen molar-refractivity contribution in [3.63, 3.8) is 0 Å². The zero-order chi connectivity index (χ0) is 21.6. The molecule has 0 aliphatic heterocycles. The number of nitro benzene ring substituents is 1. The van der Waals surface area contributed by atoms with Crippen LogP contribution >= 0.6 is 23.2 Å². The Balaban J connectivity index is 1.83. The molecule has 0 aromatic heterocycles. The van der Waals surface area contributed by atoms with Gasteiger partial charge in [-0.05, 0) is 44.2 Å². The van der Waals surface area contributed by atoms with Crippen molar-refractivity contribution in [2.45, 2.75) is 26.1 Å². The van der Waals surface area contributed by atoms with Crippen molar-refractivity contribution >= 4 is 40.7 Å². The highest BCUT2D eigenvalue weighted by atomic mass is 35.5. The summed E-state index contributed by atoms with van der Waals surface area (Å²) in [6, 6.07) is 9.80. The van der Waals surface area contributed by atoms with Crippen LogP contribution in [0.5, 0.6) is 11.5 Å². The number of nitro groups is 1. The maximum atomic E-state index is 12.1. The van der Waals surface area contributed by atoms with Gasteiger partial charge in [-0.2, -0.15) is 0 Å². The van der Waals surface area contributed by atoms with Crippen molar-refractivity contribution < 1.29 is 24.0 Å². The van der Waals surface area contributed by atoms with Gasteiger partial charge in [-0.1, -0.05) is 23.2 Å². The fourth-order valence-corrected chi connectivity index (χ4v) is 2.50. The van der Waals surface area contributed by atoms with Gasteiger partial charge in [-0.25, -0.2) is 0 Å². The highest BCUT2D eigenvalue weighted by Crippen LogP contribution is 2.28. The van der Waals surface area contributed by atoms with E-state index < -0.39 is 28.9 Å². The van der Waals surface area contributed by atoms with Gasteiger partial charge < -0.3 is 9.47 Å². The Morgan fingerprint density at radius 3 is 2.03 bits per heavy atom. The topological polar surface area (TPSA) is 120 Å². The number of non-ortho nitro benzene ring substituents is 1. The Morgan fingerprint density at radius 1 is 0.966 bits per heavy atom. The molecule has 2 aromatic carbocycles. The standard InChI is InChI=1S/C18H17Cl2N3O6/c1-10(28-14-6-4-13(5-7-14)23(26)27)17(24)21-22-18(25)11(2)29-16-8-3-12(19)9-15(16)20/h3-11H,1-2H3,(H,21,24)(H,22,25). The van der Waals surface area contributed by atoms with Gasteiger partial charge in [0.2, 0.25) is 0 Å². The molecule has 0 aliphatic rings. The molecule has 2 atom stereocenters. The summed E-state index contributed by atoms with van der Waals surface area (Å²) in [6.45, 7) is 2.93. The lowest BCUT2D eigenvalue weighted by Gasteiger charge is -2.18. The first-order valence-corrected chi connectivity index (χ1v) is 9.05. The molecule has 2 aromatic rings. The minimum atomic E-state index is -0.973. The number of hydrogen-bond acceptors (Lipinski definition) is 6. The monoisotopic (exact) mass is 441 g/mol. The van der Waals surface area contributed by atoms with Gasteiger partial charge >= 0.3 is 0 Å². The van der Waals surface area contributed by atoms with E-state index >= 15 is 0 Å². The van der Waals surface area contributed by atoms with E-state index in [4.69, 9.17) is 32.7 Å². The van der Waals surface area contributed by atoms with E-state index in [1.165, 1.54) is 50.2 Å². The first kappa shape index (κ1) is 22.3. The van der Waals surface area contributed by atoms with Gasteiger partial charge in [0.1, 0.15) is 11.5 Å². The number of benzene rings is 2. The molecule has 0 aliphatic carbocycles. The molecular formula is C18H17Cl2N3O6. The van der Waals surface area contributed by atoms with E-state index in [1.54, 1.807) is 6.07 Å². The van der Waals surface area contributed by atoms with Gasteiger partial charge in [0, 0.05) is 17.2 Å². The van der Waals surface area contributed by atoms with E-state index in [1.807, 2.05) is 0 Å². The highest BCUT2D eigenvalue weighted by molar-refractivity contribution is 6.35. The predicted molar refractivity (Wildman–Crippen MR) is 106 cm³/mol. The smallest absolute Gasteiger partial charge is 0.279 e. The Kier molecular flexibility index (Phi) is 7.63. The molecule has 2 rings (SSSR count). The molecule has 0 fully saturated rings. The lowest BCUT2D eigenvalue weighted by Crippen LogP contribution is -2.50. The summed E-state index contributed by atoms with van der Waals surface area (Å²) in [6.07, 6.45) is -1.93. The van der Waals surface area contributed by atoms with E-state index in [-0.39, 0.29) is 22.2 Å². The highest BCUT2D eigenvalue weighted by Gasteiger charge is 2.20. The molecule has 154 valence electrons. The number of halogens is 2. The molecule has 11 heteroatoms. The number of amides is 2. The van der Waals surface area contributed by atoms with Crippen LogP contribution in [0.1, 0.15) is 13.8 Å². The van der Waals surface area contributed by atoms with Crippen molar-refractivity contribution in [2.24, 2.45) is 0 Å². The fraction of sp³-hybridized carbons (Fsp3) is 0.222. The summed E-state index contributed by atoms with van der Waals surface area (Å²) in [5.74, 6) is -0.723. The van der Waals surface area contributed by atoms with E-state index in [2.05, 4.69) is 10.9 Å². The summed E-state index contributed by atoms with van der Waals surface area (Å²) < 4.78 is 10.8. The van der Waals surface area contributed by atoms with Crippen LogP contribution in [-0.2, 0) is 9.59 Å². The molecular weight excluding hydrogens is 425 g/mol. The van der Waals surface area contributed by atoms with E-state index in [0.717, 1.165) is 0 Å². The van der Waals surface area contributed by atoms with Crippen molar-refractivity contribution in [3.8, 4) is 11.5 Å². The molecule has 2 N–H and O–H groups in total. The minimum Gasteiger partial charge on any atom is -0.481 e. The quantitative estimate of drug-likeness (QED) is 0.502. The van der Waals surface area contributed by atoms with Crippen LogP contribution in [0.3, 0.4) is 0 Å². The van der Waals surface area contributed by atoms with Gasteiger partial charge in [0.15, 0.2) is 12.2 Å². The van der Waals surface area contributed by atoms with Gasteiger partial charge in [0.25, 0.3) is 17.5 Å². The Labute approximate surface area is 176 Å². The van der Waals surface area contributed by atoms with Crippen molar-refractivity contribution in [1.82, 2.24) is 10.9 Å². The lowest BCUT2D eigenvalue weighted by atomic mass is 10.3. The molecule has 0 saturated heterocycles. The number of ether oxygens (including phenoxy) is 2. The first-order chi connectivity index (χ1) is 13.7. The predicted octanol–water partition coefficient (Wildman–Crippen LogP) is 3.28. The largest absolute Gasteiger partial charge is 0.481 e. The Morgan fingerprint density at radius 2 is 1.52 bits per heavy atom. The van der Waals surface area contributed by atoms with E-state index in [9.17, 15) is 19.7 Å². The zero-order valence-electron chi connectivity index (χ0n) is 15.3. The third-order valence-electron chi connectivity index (χ3n) is 3.61. The summed E-state index contributed by atoms with van der Waals surface area (Å²) in [4.78, 5) is 34.2. The fourth-order valence-electron chi connectivity index (χ4n) is 2.05. The number of nitrogens with zero attached hydrogens (tertiary/aromatic N) is 1. The number of nitrogens with one attached hydrogen (secondary N) is 2. The molecule has 0 bridgehead atoms. The normalized spacial score (nSPS) is 12.4. The van der Waals surface area contributed by atoms with Gasteiger partial charge in [0.05, 0.1) is 9.95 Å². The molecule has 9 nitrogen and oxygen atoms in total. The van der Waals surface area contributed by atoms with Gasteiger partial charge in [-0.15, -0.1) is 0 Å². The minimum absolute atomic E-state index is 0.100. The first-order valence-electron chi connectivity index (χ1n) is 8.30. The second kappa shape index (κ2) is 9.94. The number of hydrazine groups is 1. The van der Waals surface area contributed by atoms with Crippen LogP contribution in [0.4, 0.5) is 5.69 Å². The number of rotatable bonds is 7. The van der Waals surface area contributed by atoms with Crippen molar-refractivity contribution in [1.29, 1.82) is 0 Å². The van der Waals surface area contributed by atoms with Crippen molar-refractivity contribution in [2.75, 3.05) is 0 Å². The second-order valence-electron chi connectivity index (χ2n) is 5.82.